The highest BCUT2D eigenvalue weighted by atomic mass is 35.5. The van der Waals surface area contributed by atoms with Gasteiger partial charge in [-0.1, -0.05) is 32.4 Å². The van der Waals surface area contributed by atoms with Gasteiger partial charge in [-0.2, -0.15) is 0 Å². The summed E-state index contributed by atoms with van der Waals surface area (Å²) >= 11 is 11.7. The van der Waals surface area contributed by atoms with E-state index in [-0.39, 0.29) is 17.4 Å². The highest BCUT2D eigenvalue weighted by molar-refractivity contribution is 7.80. The minimum Gasteiger partial charge on any atom is -0.353 e. The van der Waals surface area contributed by atoms with E-state index in [1.807, 2.05) is 45.0 Å². The Labute approximate surface area is 166 Å². The Bertz CT molecular complexity index is 657. The largest absolute Gasteiger partial charge is 0.353 e. The van der Waals surface area contributed by atoms with Crippen LogP contribution in [0.15, 0.2) is 24.3 Å². The van der Waals surface area contributed by atoms with Gasteiger partial charge < -0.3 is 15.5 Å². The van der Waals surface area contributed by atoms with Crippen LogP contribution in [0.5, 0.6) is 0 Å². The van der Waals surface area contributed by atoms with Crippen LogP contribution in [-0.4, -0.2) is 34.0 Å². The smallest absolute Gasteiger partial charge is 0.225 e. The highest BCUT2D eigenvalue weighted by Crippen LogP contribution is 2.35. The van der Waals surface area contributed by atoms with E-state index in [0.717, 1.165) is 36.5 Å². The molecule has 6 heteroatoms. The first kappa shape index (κ1) is 19.4. The van der Waals surface area contributed by atoms with Gasteiger partial charge in [-0.05, 0) is 68.6 Å². The van der Waals surface area contributed by atoms with Crippen LogP contribution in [0.1, 0.15) is 52.9 Å². The Morgan fingerprint density at radius 3 is 2.27 bits per heavy atom. The van der Waals surface area contributed by atoms with Crippen molar-refractivity contribution < 1.29 is 4.79 Å². The van der Waals surface area contributed by atoms with Crippen LogP contribution in [0, 0.1) is 5.41 Å². The topological polar surface area (TPSA) is 44.4 Å². The maximum atomic E-state index is 12.4. The molecule has 0 aromatic heterocycles. The van der Waals surface area contributed by atoms with E-state index in [1.165, 1.54) is 6.42 Å². The fourth-order valence-corrected chi connectivity index (χ4v) is 4.50. The van der Waals surface area contributed by atoms with Gasteiger partial charge in [0, 0.05) is 34.3 Å². The zero-order valence-electron chi connectivity index (χ0n) is 15.7. The lowest BCUT2D eigenvalue weighted by Gasteiger charge is -2.50. The first-order chi connectivity index (χ1) is 12.2. The number of thiocarbonyl (C=S) groups is 1. The van der Waals surface area contributed by atoms with E-state index in [1.54, 1.807) is 0 Å². The van der Waals surface area contributed by atoms with Gasteiger partial charge in [0.1, 0.15) is 0 Å². The second-order valence-corrected chi connectivity index (χ2v) is 9.30. The average Bonchev–Trinajstić information content (AvgIpc) is 2.55. The van der Waals surface area contributed by atoms with Gasteiger partial charge in [-0.3, -0.25) is 4.79 Å². The van der Waals surface area contributed by atoms with Gasteiger partial charge in [0.25, 0.3) is 0 Å². The number of piperidine rings is 2. The number of amides is 1. The van der Waals surface area contributed by atoms with Crippen molar-refractivity contribution in [3.05, 3.63) is 29.3 Å². The molecule has 2 aliphatic heterocycles. The first-order valence-corrected chi connectivity index (χ1v) is 10.2. The van der Waals surface area contributed by atoms with Crippen LogP contribution in [0.25, 0.3) is 0 Å². The van der Waals surface area contributed by atoms with Gasteiger partial charge in [0.05, 0.1) is 0 Å². The van der Waals surface area contributed by atoms with Crippen molar-refractivity contribution in [3.8, 4) is 0 Å². The summed E-state index contributed by atoms with van der Waals surface area (Å²) in [5.74, 6) is 0.135. The molecule has 0 aliphatic carbocycles. The minimum absolute atomic E-state index is 0.135. The standard InChI is InChI=1S/C20H28ClN3OS/c1-20(2,3)18(25)22-15-11-16-5-4-6-17(12-15)24(16)19(26)23-14-9-7-13(21)8-10-14/h7-10,15-17H,4-6,11-12H2,1-3H3,(H,22,25)(H,23,26)/t16-,17-/m0/s1. The van der Waals surface area contributed by atoms with Gasteiger partial charge >= 0.3 is 0 Å². The number of hydrogen-bond acceptors (Lipinski definition) is 2. The summed E-state index contributed by atoms with van der Waals surface area (Å²) in [6, 6.07) is 8.64. The van der Waals surface area contributed by atoms with Crippen LogP contribution >= 0.6 is 23.8 Å². The summed E-state index contributed by atoms with van der Waals surface area (Å²) < 4.78 is 0. The number of carbonyl (C=O) groups excluding carboxylic acids is 1. The summed E-state index contributed by atoms with van der Waals surface area (Å²) in [5.41, 5.74) is 0.609. The van der Waals surface area contributed by atoms with Crippen molar-refractivity contribution >= 4 is 40.5 Å². The first-order valence-electron chi connectivity index (χ1n) is 9.40. The van der Waals surface area contributed by atoms with E-state index < -0.39 is 0 Å². The van der Waals surface area contributed by atoms with E-state index in [0.29, 0.717) is 17.1 Å². The molecule has 1 aromatic rings. The van der Waals surface area contributed by atoms with E-state index in [9.17, 15) is 4.79 Å². The zero-order valence-corrected chi connectivity index (χ0v) is 17.3. The third-order valence-electron chi connectivity index (χ3n) is 5.32. The van der Waals surface area contributed by atoms with Crippen molar-refractivity contribution in [1.82, 2.24) is 10.2 Å². The molecular weight excluding hydrogens is 366 g/mol. The molecule has 26 heavy (non-hydrogen) atoms. The maximum Gasteiger partial charge on any atom is 0.225 e. The molecule has 0 saturated carbocycles. The van der Waals surface area contributed by atoms with Crippen LogP contribution in [0.2, 0.25) is 5.02 Å². The molecule has 3 rings (SSSR count). The van der Waals surface area contributed by atoms with E-state index in [2.05, 4.69) is 15.5 Å². The normalized spacial score (nSPS) is 25.5. The summed E-state index contributed by atoms with van der Waals surface area (Å²) in [7, 11) is 0. The molecule has 0 radical (unpaired) electrons. The van der Waals surface area contributed by atoms with Crippen LogP contribution < -0.4 is 10.6 Å². The van der Waals surface area contributed by atoms with Gasteiger partial charge in [0.2, 0.25) is 5.91 Å². The van der Waals surface area contributed by atoms with Crippen LogP contribution in [-0.2, 0) is 4.79 Å². The predicted octanol–water partition coefficient (Wildman–Crippen LogP) is 4.58. The molecule has 4 nitrogen and oxygen atoms in total. The number of hydrogen-bond donors (Lipinski definition) is 2. The SMILES string of the molecule is CC(C)(C)C(=O)NC1C[C@@H]2CCC[C@@H](C1)N2C(=S)Nc1ccc(Cl)cc1. The zero-order chi connectivity index (χ0) is 18.9. The summed E-state index contributed by atoms with van der Waals surface area (Å²) in [6.07, 6.45) is 5.40. The summed E-state index contributed by atoms with van der Waals surface area (Å²) in [5, 5.41) is 8.11. The quantitative estimate of drug-likeness (QED) is 0.721. The van der Waals surface area contributed by atoms with Crippen LogP contribution in [0.4, 0.5) is 5.69 Å². The van der Waals surface area contributed by atoms with E-state index >= 15 is 0 Å². The molecular formula is C20H28ClN3OS. The fraction of sp³-hybridized carbons (Fsp3) is 0.600. The van der Waals surface area contributed by atoms with Gasteiger partial charge in [-0.25, -0.2) is 0 Å². The lowest BCUT2D eigenvalue weighted by atomic mass is 9.81. The number of rotatable bonds is 2. The second-order valence-electron chi connectivity index (χ2n) is 8.47. The highest BCUT2D eigenvalue weighted by Gasteiger charge is 2.40. The van der Waals surface area contributed by atoms with Gasteiger partial charge in [-0.15, -0.1) is 0 Å². The molecule has 142 valence electrons. The molecule has 2 N–H and O–H groups in total. The predicted molar refractivity (Wildman–Crippen MR) is 112 cm³/mol. The van der Waals surface area contributed by atoms with E-state index in [4.69, 9.17) is 23.8 Å². The monoisotopic (exact) mass is 393 g/mol. The Morgan fingerprint density at radius 2 is 1.73 bits per heavy atom. The minimum atomic E-state index is -0.350. The Morgan fingerprint density at radius 1 is 1.15 bits per heavy atom. The maximum absolute atomic E-state index is 12.4. The summed E-state index contributed by atoms with van der Waals surface area (Å²) in [4.78, 5) is 14.7. The Hall–Kier alpha value is -1.33. The average molecular weight is 394 g/mol. The lowest BCUT2D eigenvalue weighted by Crippen LogP contribution is -2.60. The third kappa shape index (κ3) is 4.49. The molecule has 2 fully saturated rings. The molecule has 2 bridgehead atoms. The van der Waals surface area contributed by atoms with Crippen molar-refractivity contribution in [2.75, 3.05) is 5.32 Å². The molecule has 0 spiro atoms. The Balaban J connectivity index is 1.65. The number of halogens is 1. The summed E-state index contributed by atoms with van der Waals surface area (Å²) in [6.45, 7) is 5.89. The number of fused-ring (bicyclic) bond motifs is 2. The second kappa shape index (κ2) is 7.73. The number of carbonyl (C=O) groups is 1. The van der Waals surface area contributed by atoms with Crippen molar-refractivity contribution in [1.29, 1.82) is 0 Å². The molecule has 1 amide bonds. The molecule has 2 atom stereocenters. The number of benzene rings is 1. The molecule has 2 aliphatic rings. The molecule has 2 heterocycles. The van der Waals surface area contributed by atoms with Crippen LogP contribution in [0.3, 0.4) is 0 Å². The number of nitrogens with zero attached hydrogens (tertiary/aromatic N) is 1. The number of anilines is 1. The van der Waals surface area contributed by atoms with Crippen molar-refractivity contribution in [2.45, 2.75) is 71.0 Å². The molecule has 2 saturated heterocycles. The molecule has 0 unspecified atom stereocenters. The molecule has 1 aromatic carbocycles. The third-order valence-corrected chi connectivity index (χ3v) is 5.89. The lowest BCUT2D eigenvalue weighted by molar-refractivity contribution is -0.129. The Kier molecular flexibility index (Phi) is 5.78. The van der Waals surface area contributed by atoms with Crippen molar-refractivity contribution in [2.24, 2.45) is 5.41 Å². The fourth-order valence-electron chi connectivity index (χ4n) is 3.95. The van der Waals surface area contributed by atoms with Crippen molar-refractivity contribution in [3.63, 3.8) is 0 Å². The number of nitrogens with one attached hydrogen (secondary N) is 2. The van der Waals surface area contributed by atoms with Gasteiger partial charge in [0.15, 0.2) is 5.11 Å².